The Labute approximate surface area is 156 Å². The molecular formula is C18H23N7O2. The van der Waals surface area contributed by atoms with Crippen LogP contribution in [0.2, 0.25) is 0 Å². The van der Waals surface area contributed by atoms with Crippen molar-refractivity contribution in [2.24, 2.45) is 5.73 Å². The van der Waals surface area contributed by atoms with Crippen molar-refractivity contribution in [3.8, 4) is 11.3 Å². The summed E-state index contributed by atoms with van der Waals surface area (Å²) in [5.74, 6) is 0.633. The summed E-state index contributed by atoms with van der Waals surface area (Å²) in [5, 5.41) is 2.97. The summed E-state index contributed by atoms with van der Waals surface area (Å²) in [6.45, 7) is 1.46. The van der Waals surface area contributed by atoms with Crippen molar-refractivity contribution in [2.75, 3.05) is 43.9 Å². The minimum Gasteiger partial charge on any atom is -0.373 e. The third-order valence-electron chi connectivity index (χ3n) is 4.60. The standard InChI is InChI=1S/C18H23N7O2/c1-20-16-7-14(22-11-23-16)12-6-15(18(27)21-8-12)24(2)13-9-25(10-13)17(26)4-3-5-19/h3-4,6-8,11,13H,5,9-10,19H2,1-2H3,(H,21,27)(H,20,22,23)/b4-3+. The number of carbonyl (C=O) groups is 1. The minimum atomic E-state index is -0.183. The highest BCUT2D eigenvalue weighted by molar-refractivity contribution is 5.88. The zero-order valence-corrected chi connectivity index (χ0v) is 15.3. The Hall–Kier alpha value is -3.20. The van der Waals surface area contributed by atoms with Crippen LogP contribution in [0.25, 0.3) is 11.3 Å². The molecule has 0 bridgehead atoms. The highest BCUT2D eigenvalue weighted by Gasteiger charge is 2.33. The van der Waals surface area contributed by atoms with Gasteiger partial charge in [0.05, 0.1) is 11.7 Å². The molecule has 2 aromatic rings. The van der Waals surface area contributed by atoms with Gasteiger partial charge in [-0.25, -0.2) is 9.97 Å². The normalized spacial score (nSPS) is 14.3. The fourth-order valence-corrected chi connectivity index (χ4v) is 2.88. The average molecular weight is 369 g/mol. The first-order chi connectivity index (χ1) is 13.0. The molecule has 3 rings (SSSR count). The molecular weight excluding hydrogens is 346 g/mol. The molecule has 0 spiro atoms. The first-order valence-corrected chi connectivity index (χ1v) is 8.64. The third kappa shape index (κ3) is 3.98. The quantitative estimate of drug-likeness (QED) is 0.615. The molecule has 0 saturated carbocycles. The van der Waals surface area contributed by atoms with E-state index in [4.69, 9.17) is 5.73 Å². The molecule has 1 amide bonds. The first kappa shape index (κ1) is 18.6. The number of aromatic nitrogens is 3. The number of nitrogens with one attached hydrogen (secondary N) is 2. The van der Waals surface area contributed by atoms with Crippen LogP contribution < -0.4 is 21.5 Å². The van der Waals surface area contributed by atoms with Crippen molar-refractivity contribution in [1.82, 2.24) is 19.9 Å². The number of anilines is 2. The number of H-pyrrole nitrogens is 1. The Kier molecular flexibility index (Phi) is 5.51. The van der Waals surface area contributed by atoms with Gasteiger partial charge in [0.1, 0.15) is 17.8 Å². The summed E-state index contributed by atoms with van der Waals surface area (Å²) in [4.78, 5) is 39.0. The Balaban J connectivity index is 1.76. The molecule has 27 heavy (non-hydrogen) atoms. The molecule has 1 aliphatic heterocycles. The van der Waals surface area contributed by atoms with Gasteiger partial charge < -0.3 is 25.8 Å². The fraction of sp³-hybridized carbons (Fsp3) is 0.333. The van der Waals surface area contributed by atoms with E-state index in [9.17, 15) is 9.59 Å². The number of hydrogen-bond donors (Lipinski definition) is 3. The van der Waals surface area contributed by atoms with Gasteiger partial charge in [0.2, 0.25) is 5.91 Å². The van der Waals surface area contributed by atoms with Crippen LogP contribution in [0.3, 0.4) is 0 Å². The number of aromatic amines is 1. The zero-order chi connectivity index (χ0) is 19.4. The van der Waals surface area contributed by atoms with Crippen LogP contribution in [0.1, 0.15) is 0 Å². The number of nitrogens with zero attached hydrogens (tertiary/aromatic N) is 4. The van der Waals surface area contributed by atoms with Gasteiger partial charge in [-0.05, 0) is 6.07 Å². The maximum Gasteiger partial charge on any atom is 0.271 e. The van der Waals surface area contributed by atoms with Gasteiger partial charge in [-0.15, -0.1) is 0 Å². The summed E-state index contributed by atoms with van der Waals surface area (Å²) in [5.41, 5.74) is 7.21. The molecule has 0 radical (unpaired) electrons. The molecule has 1 saturated heterocycles. The summed E-state index contributed by atoms with van der Waals surface area (Å²) in [7, 11) is 3.64. The highest BCUT2D eigenvalue weighted by atomic mass is 16.2. The maximum absolute atomic E-state index is 12.3. The van der Waals surface area contributed by atoms with Crippen molar-refractivity contribution in [2.45, 2.75) is 6.04 Å². The lowest BCUT2D eigenvalue weighted by atomic mass is 10.1. The summed E-state index contributed by atoms with van der Waals surface area (Å²) < 4.78 is 0. The molecule has 1 fully saturated rings. The van der Waals surface area contributed by atoms with Crippen LogP contribution in [-0.4, -0.2) is 65.5 Å². The Morgan fingerprint density at radius 3 is 2.93 bits per heavy atom. The molecule has 1 aliphatic rings. The first-order valence-electron chi connectivity index (χ1n) is 8.64. The number of hydrogen-bond acceptors (Lipinski definition) is 7. The topological polar surface area (TPSA) is 120 Å². The lowest BCUT2D eigenvalue weighted by molar-refractivity contribution is -0.130. The number of rotatable bonds is 6. The van der Waals surface area contributed by atoms with Crippen molar-refractivity contribution < 1.29 is 4.79 Å². The highest BCUT2D eigenvalue weighted by Crippen LogP contribution is 2.23. The van der Waals surface area contributed by atoms with Gasteiger partial charge in [0.15, 0.2) is 0 Å². The molecule has 3 heterocycles. The number of likely N-dealkylation sites (tertiary alicyclic amines) is 1. The predicted molar refractivity (Wildman–Crippen MR) is 105 cm³/mol. The third-order valence-corrected chi connectivity index (χ3v) is 4.60. The van der Waals surface area contributed by atoms with Gasteiger partial charge in [-0.3, -0.25) is 9.59 Å². The summed E-state index contributed by atoms with van der Waals surface area (Å²) >= 11 is 0. The van der Waals surface area contributed by atoms with Crippen LogP contribution in [0, 0.1) is 0 Å². The lowest BCUT2D eigenvalue weighted by Crippen LogP contribution is -2.60. The SMILES string of the molecule is CNc1cc(-c2c[nH]c(=O)c(N(C)C3CN(C(=O)/C=C/CN)C3)c2)ncn1. The minimum absolute atomic E-state index is 0.0617. The average Bonchev–Trinajstić information content (AvgIpc) is 2.65. The van der Waals surface area contributed by atoms with E-state index in [0.29, 0.717) is 36.8 Å². The number of nitrogens with two attached hydrogens (primary N) is 1. The van der Waals surface area contributed by atoms with Crippen molar-refractivity contribution in [1.29, 1.82) is 0 Å². The molecule has 4 N–H and O–H groups in total. The van der Waals surface area contributed by atoms with Crippen molar-refractivity contribution >= 4 is 17.4 Å². The Morgan fingerprint density at radius 1 is 1.44 bits per heavy atom. The second-order valence-electron chi connectivity index (χ2n) is 6.29. The van der Waals surface area contributed by atoms with Gasteiger partial charge in [-0.1, -0.05) is 6.08 Å². The van der Waals surface area contributed by atoms with Gasteiger partial charge in [-0.2, -0.15) is 0 Å². The lowest BCUT2D eigenvalue weighted by Gasteiger charge is -2.44. The number of amides is 1. The largest absolute Gasteiger partial charge is 0.373 e. The van der Waals surface area contributed by atoms with E-state index < -0.39 is 0 Å². The molecule has 9 nitrogen and oxygen atoms in total. The predicted octanol–water partition coefficient (Wildman–Crippen LogP) is 0.0355. The summed E-state index contributed by atoms with van der Waals surface area (Å²) in [6, 6.07) is 3.69. The van der Waals surface area contributed by atoms with Gasteiger partial charge >= 0.3 is 0 Å². The van der Waals surface area contributed by atoms with E-state index in [-0.39, 0.29) is 17.5 Å². The van der Waals surface area contributed by atoms with Crippen LogP contribution in [0.15, 0.2) is 41.6 Å². The molecule has 9 heteroatoms. The molecule has 0 atom stereocenters. The molecule has 2 aromatic heterocycles. The van der Waals surface area contributed by atoms with E-state index >= 15 is 0 Å². The molecule has 0 unspecified atom stereocenters. The Morgan fingerprint density at radius 2 is 2.22 bits per heavy atom. The van der Waals surface area contributed by atoms with Gasteiger partial charge in [0, 0.05) is 57.6 Å². The maximum atomic E-state index is 12.3. The van der Waals surface area contributed by atoms with Crippen LogP contribution in [-0.2, 0) is 4.79 Å². The van der Waals surface area contributed by atoms with E-state index in [0.717, 1.165) is 5.56 Å². The molecule has 0 aromatic carbocycles. The van der Waals surface area contributed by atoms with Crippen molar-refractivity contribution in [3.05, 3.63) is 47.2 Å². The summed E-state index contributed by atoms with van der Waals surface area (Å²) in [6.07, 6.45) is 6.22. The zero-order valence-electron chi connectivity index (χ0n) is 15.3. The van der Waals surface area contributed by atoms with E-state index in [1.54, 1.807) is 30.3 Å². The van der Waals surface area contributed by atoms with Gasteiger partial charge in [0.25, 0.3) is 5.56 Å². The van der Waals surface area contributed by atoms with E-state index in [1.165, 1.54) is 12.4 Å². The fourth-order valence-electron chi connectivity index (χ4n) is 2.88. The van der Waals surface area contributed by atoms with E-state index in [2.05, 4.69) is 20.3 Å². The molecule has 0 aliphatic carbocycles. The monoisotopic (exact) mass is 369 g/mol. The number of pyridine rings is 1. The number of likely N-dealkylation sites (N-methyl/N-ethyl adjacent to an activating group) is 1. The van der Waals surface area contributed by atoms with Crippen LogP contribution in [0.4, 0.5) is 11.5 Å². The van der Waals surface area contributed by atoms with E-state index in [1.807, 2.05) is 18.0 Å². The van der Waals surface area contributed by atoms with Crippen molar-refractivity contribution in [3.63, 3.8) is 0 Å². The van der Waals surface area contributed by atoms with Crippen LogP contribution >= 0.6 is 0 Å². The Bertz CT molecular complexity index is 903. The second-order valence-corrected chi connectivity index (χ2v) is 6.29. The number of carbonyl (C=O) groups excluding carboxylic acids is 1. The smallest absolute Gasteiger partial charge is 0.271 e. The van der Waals surface area contributed by atoms with Crippen LogP contribution in [0.5, 0.6) is 0 Å². The second kappa shape index (κ2) is 8.00. The molecule has 142 valence electrons.